The molecule has 2 aromatic carbocycles. The number of nitrogens with two attached hydrogens (primary N) is 1. The molecule has 0 aliphatic heterocycles. The van der Waals surface area contributed by atoms with E-state index in [9.17, 15) is 4.79 Å². The smallest absolute Gasteiger partial charge is 0.255 e. The Bertz CT molecular complexity index is 836. The summed E-state index contributed by atoms with van der Waals surface area (Å²) in [6.07, 6.45) is 0. The fraction of sp³-hybridized carbons (Fsp3) is 0.333. The summed E-state index contributed by atoms with van der Waals surface area (Å²) >= 11 is 0. The molecule has 7 heteroatoms. The molecule has 0 aliphatic rings. The van der Waals surface area contributed by atoms with Gasteiger partial charge in [0.2, 0.25) is 0 Å². The van der Waals surface area contributed by atoms with Crippen LogP contribution >= 0.6 is 0 Å². The van der Waals surface area contributed by atoms with Gasteiger partial charge in [-0.05, 0) is 37.6 Å². The number of methoxy groups -OCH3 is 1. The molecule has 1 atom stereocenters. The van der Waals surface area contributed by atoms with Crippen molar-refractivity contribution in [2.24, 2.45) is 10.7 Å². The van der Waals surface area contributed by atoms with Crippen molar-refractivity contribution in [1.29, 1.82) is 0 Å². The number of ether oxygens (including phenoxy) is 2. The van der Waals surface area contributed by atoms with Crippen LogP contribution < -0.4 is 25.8 Å². The number of aliphatic imine (C=N–C) groups is 1. The van der Waals surface area contributed by atoms with Crippen LogP contribution in [-0.4, -0.2) is 32.6 Å². The molecule has 0 aliphatic carbocycles. The van der Waals surface area contributed by atoms with Crippen LogP contribution in [0.5, 0.6) is 11.5 Å². The summed E-state index contributed by atoms with van der Waals surface area (Å²) in [5.74, 6) is 1.59. The number of carbonyl (C=O) groups excluding carboxylic acids is 1. The number of nitrogens with zero attached hydrogens (tertiary/aromatic N) is 1. The van der Waals surface area contributed by atoms with Crippen molar-refractivity contribution in [3.05, 3.63) is 59.2 Å². The highest BCUT2D eigenvalue weighted by molar-refractivity contribution is 5.80. The van der Waals surface area contributed by atoms with Crippen LogP contribution in [-0.2, 0) is 11.3 Å². The van der Waals surface area contributed by atoms with Gasteiger partial charge in [-0.15, -0.1) is 0 Å². The lowest BCUT2D eigenvalue weighted by Gasteiger charge is -2.21. The zero-order valence-electron chi connectivity index (χ0n) is 16.8. The number of nitrogens with one attached hydrogen (secondary N) is 2. The summed E-state index contributed by atoms with van der Waals surface area (Å²) < 4.78 is 10.8. The fourth-order valence-electron chi connectivity index (χ4n) is 2.76. The first-order chi connectivity index (χ1) is 13.4. The zero-order chi connectivity index (χ0) is 20.5. The quantitative estimate of drug-likeness (QED) is 0.479. The third-order valence-corrected chi connectivity index (χ3v) is 4.17. The molecular formula is C21H28N4O3. The van der Waals surface area contributed by atoms with E-state index < -0.39 is 5.91 Å². The fourth-order valence-corrected chi connectivity index (χ4v) is 2.76. The monoisotopic (exact) mass is 384 g/mol. The first-order valence-corrected chi connectivity index (χ1v) is 9.04. The molecule has 1 unspecified atom stereocenters. The van der Waals surface area contributed by atoms with Crippen LogP contribution in [0.2, 0.25) is 0 Å². The minimum atomic E-state index is -0.506. The Morgan fingerprint density at radius 3 is 2.71 bits per heavy atom. The van der Waals surface area contributed by atoms with Gasteiger partial charge in [0.05, 0.1) is 13.2 Å². The molecule has 2 rings (SSSR count). The van der Waals surface area contributed by atoms with Gasteiger partial charge < -0.3 is 25.8 Å². The number of aryl methyl sites for hydroxylation is 1. The highest BCUT2D eigenvalue weighted by Crippen LogP contribution is 2.26. The lowest BCUT2D eigenvalue weighted by atomic mass is 10.0. The van der Waals surface area contributed by atoms with Crippen molar-refractivity contribution in [2.75, 3.05) is 20.8 Å². The van der Waals surface area contributed by atoms with Gasteiger partial charge >= 0.3 is 0 Å². The van der Waals surface area contributed by atoms with E-state index in [2.05, 4.69) is 35.5 Å². The number of carbonyl (C=O) groups is 1. The molecule has 4 N–H and O–H groups in total. The highest BCUT2D eigenvalue weighted by atomic mass is 16.5. The van der Waals surface area contributed by atoms with Crippen LogP contribution in [0.3, 0.4) is 0 Å². The average molecular weight is 384 g/mol. The van der Waals surface area contributed by atoms with E-state index in [0.717, 1.165) is 16.9 Å². The molecule has 2 aromatic rings. The summed E-state index contributed by atoms with van der Waals surface area (Å²) in [5.41, 5.74) is 8.33. The Kier molecular flexibility index (Phi) is 7.68. The van der Waals surface area contributed by atoms with E-state index in [1.54, 1.807) is 20.2 Å². The molecular weight excluding hydrogens is 356 g/mol. The van der Waals surface area contributed by atoms with E-state index in [0.29, 0.717) is 18.3 Å². The second kappa shape index (κ2) is 10.2. The largest absolute Gasteiger partial charge is 0.496 e. The van der Waals surface area contributed by atoms with Gasteiger partial charge in [-0.25, -0.2) is 0 Å². The van der Waals surface area contributed by atoms with Crippen molar-refractivity contribution >= 4 is 11.9 Å². The van der Waals surface area contributed by atoms with Gasteiger partial charge in [0.15, 0.2) is 12.6 Å². The van der Waals surface area contributed by atoms with Crippen molar-refractivity contribution in [1.82, 2.24) is 10.6 Å². The number of amides is 1. The maximum Gasteiger partial charge on any atom is 0.255 e. The van der Waals surface area contributed by atoms with E-state index in [4.69, 9.17) is 15.2 Å². The minimum Gasteiger partial charge on any atom is -0.496 e. The normalized spacial score (nSPS) is 12.2. The van der Waals surface area contributed by atoms with Crippen LogP contribution in [0, 0.1) is 6.92 Å². The minimum absolute atomic E-state index is 0.00582. The molecule has 0 aromatic heterocycles. The van der Waals surface area contributed by atoms with Gasteiger partial charge in [0.25, 0.3) is 5.91 Å². The Labute approximate surface area is 165 Å². The van der Waals surface area contributed by atoms with Crippen molar-refractivity contribution in [2.45, 2.75) is 26.4 Å². The lowest BCUT2D eigenvalue weighted by Crippen LogP contribution is -2.38. The molecule has 0 saturated carbocycles. The Morgan fingerprint density at radius 1 is 1.25 bits per heavy atom. The predicted molar refractivity (Wildman–Crippen MR) is 111 cm³/mol. The predicted octanol–water partition coefficient (Wildman–Crippen LogP) is 2.29. The van der Waals surface area contributed by atoms with Crippen molar-refractivity contribution < 1.29 is 14.3 Å². The van der Waals surface area contributed by atoms with Crippen LogP contribution in [0.4, 0.5) is 0 Å². The maximum atomic E-state index is 10.8. The molecule has 1 amide bonds. The van der Waals surface area contributed by atoms with Crippen LogP contribution in [0.1, 0.15) is 29.7 Å². The molecule has 0 spiro atoms. The first-order valence-electron chi connectivity index (χ1n) is 9.04. The molecule has 7 nitrogen and oxygen atoms in total. The van der Waals surface area contributed by atoms with Gasteiger partial charge in [0.1, 0.15) is 11.5 Å². The van der Waals surface area contributed by atoms with Gasteiger partial charge in [-0.3, -0.25) is 9.79 Å². The number of primary amides is 1. The Hall–Kier alpha value is -3.22. The summed E-state index contributed by atoms with van der Waals surface area (Å²) in [6.45, 7) is 4.51. The summed E-state index contributed by atoms with van der Waals surface area (Å²) in [5, 5.41) is 6.66. The SMILES string of the molecule is CN=C(NCc1cccc(OCC(N)=O)c1)NC(C)c1cc(C)ccc1OC. The van der Waals surface area contributed by atoms with Crippen molar-refractivity contribution in [3.63, 3.8) is 0 Å². The number of guanidine groups is 1. The summed E-state index contributed by atoms with van der Waals surface area (Å²) in [4.78, 5) is 15.1. The second-order valence-corrected chi connectivity index (χ2v) is 6.44. The molecule has 0 fully saturated rings. The summed E-state index contributed by atoms with van der Waals surface area (Å²) in [7, 11) is 3.39. The third kappa shape index (κ3) is 6.19. The number of benzene rings is 2. The lowest BCUT2D eigenvalue weighted by molar-refractivity contribution is -0.119. The number of rotatable bonds is 8. The second-order valence-electron chi connectivity index (χ2n) is 6.44. The first kappa shape index (κ1) is 21.1. The zero-order valence-corrected chi connectivity index (χ0v) is 16.8. The maximum absolute atomic E-state index is 10.8. The highest BCUT2D eigenvalue weighted by Gasteiger charge is 2.13. The van der Waals surface area contributed by atoms with Crippen molar-refractivity contribution in [3.8, 4) is 11.5 Å². The van der Waals surface area contributed by atoms with E-state index >= 15 is 0 Å². The molecule has 0 heterocycles. The van der Waals surface area contributed by atoms with Gasteiger partial charge in [-0.2, -0.15) is 0 Å². The topological polar surface area (TPSA) is 98.0 Å². The Balaban J connectivity index is 1.99. The van der Waals surface area contributed by atoms with Gasteiger partial charge in [0, 0.05) is 19.2 Å². The number of hydrogen-bond acceptors (Lipinski definition) is 4. The molecule has 28 heavy (non-hydrogen) atoms. The molecule has 0 bridgehead atoms. The van der Waals surface area contributed by atoms with Gasteiger partial charge in [-0.1, -0.05) is 29.8 Å². The van der Waals surface area contributed by atoms with E-state index in [1.807, 2.05) is 30.3 Å². The standard InChI is InChI=1S/C21H28N4O3/c1-14-8-9-19(27-4)18(10-14)15(2)25-21(23-3)24-12-16-6-5-7-17(11-16)28-13-20(22)26/h5-11,15H,12-13H2,1-4H3,(H2,22,26)(H2,23,24,25). The van der Waals surface area contributed by atoms with Crippen LogP contribution in [0.25, 0.3) is 0 Å². The number of hydrogen-bond donors (Lipinski definition) is 3. The molecule has 0 saturated heterocycles. The molecule has 150 valence electrons. The summed E-state index contributed by atoms with van der Waals surface area (Å²) in [6, 6.07) is 13.6. The Morgan fingerprint density at radius 2 is 2.04 bits per heavy atom. The average Bonchev–Trinajstić information content (AvgIpc) is 2.69. The van der Waals surface area contributed by atoms with Crippen LogP contribution in [0.15, 0.2) is 47.5 Å². The third-order valence-electron chi connectivity index (χ3n) is 4.17. The van der Waals surface area contributed by atoms with E-state index in [-0.39, 0.29) is 12.6 Å². The van der Waals surface area contributed by atoms with E-state index in [1.165, 1.54) is 5.56 Å². The molecule has 0 radical (unpaired) electrons.